The summed E-state index contributed by atoms with van der Waals surface area (Å²) in [6.45, 7) is 0. The van der Waals surface area contributed by atoms with Gasteiger partial charge in [-0.2, -0.15) is 0 Å². The molecule has 11 aromatic rings. The van der Waals surface area contributed by atoms with Crippen molar-refractivity contribution in [3.05, 3.63) is 146 Å². The van der Waals surface area contributed by atoms with Crippen molar-refractivity contribution >= 4 is 104 Å². The molecular weight excluding hydrogens is 625 g/mol. The summed E-state index contributed by atoms with van der Waals surface area (Å²) in [7, 11) is 0. The summed E-state index contributed by atoms with van der Waals surface area (Å²) in [6, 6.07) is 50.2. The van der Waals surface area contributed by atoms with Crippen LogP contribution in [0.15, 0.2) is 159 Å². The first kappa shape index (κ1) is 26.7. The van der Waals surface area contributed by atoms with Gasteiger partial charge in [-0.3, -0.25) is 0 Å². The highest BCUT2D eigenvalue weighted by atomic mass is 32.1. The van der Waals surface area contributed by atoms with Gasteiger partial charge in [-0.25, -0.2) is 4.98 Å². The van der Waals surface area contributed by atoms with Crippen molar-refractivity contribution in [1.29, 1.82) is 0 Å². The number of hydrogen-bond acceptors (Lipinski definition) is 6. The number of aromatic nitrogens is 1. The Morgan fingerprint density at radius 1 is 0.449 bits per heavy atom. The average Bonchev–Trinajstić information content (AvgIpc) is 3.93. The lowest BCUT2D eigenvalue weighted by molar-refractivity contribution is 0.620. The molecule has 0 aliphatic heterocycles. The molecule has 0 aliphatic rings. The molecule has 4 aromatic heterocycles. The maximum absolute atomic E-state index is 6.77. The highest BCUT2D eigenvalue weighted by Crippen LogP contribution is 2.49. The van der Waals surface area contributed by atoms with E-state index in [1.54, 1.807) is 11.3 Å². The van der Waals surface area contributed by atoms with Crippen LogP contribution in [0.4, 0.5) is 17.1 Å². The topological polar surface area (TPSA) is 55.6 Å². The van der Waals surface area contributed by atoms with Crippen LogP contribution in [0, 0.1) is 0 Å². The van der Waals surface area contributed by atoms with Crippen LogP contribution in [0.5, 0.6) is 0 Å². The largest absolute Gasteiger partial charge is 0.456 e. The smallest absolute Gasteiger partial charge is 0.227 e. The maximum atomic E-state index is 6.77. The Bertz CT molecular complexity index is 3070. The van der Waals surface area contributed by atoms with Gasteiger partial charge >= 0.3 is 0 Å². The van der Waals surface area contributed by atoms with Crippen LogP contribution in [0.2, 0.25) is 0 Å². The quantitative estimate of drug-likeness (QED) is 0.190. The minimum atomic E-state index is 0.560. The van der Waals surface area contributed by atoms with E-state index in [9.17, 15) is 0 Å². The molecule has 0 bridgehead atoms. The summed E-state index contributed by atoms with van der Waals surface area (Å²) in [6.07, 6.45) is 0. The Kier molecular flexibility index (Phi) is 5.48. The second kappa shape index (κ2) is 10.1. The van der Waals surface area contributed by atoms with Crippen molar-refractivity contribution in [1.82, 2.24) is 4.98 Å². The Morgan fingerprint density at radius 2 is 1.10 bits per heavy atom. The number of oxazole rings is 1. The van der Waals surface area contributed by atoms with E-state index in [1.165, 1.54) is 20.2 Å². The van der Waals surface area contributed by atoms with Crippen LogP contribution in [-0.2, 0) is 0 Å². The Morgan fingerprint density at radius 3 is 1.96 bits per heavy atom. The van der Waals surface area contributed by atoms with Crippen LogP contribution in [0.1, 0.15) is 0 Å². The Balaban J connectivity index is 1.27. The van der Waals surface area contributed by atoms with Gasteiger partial charge in [0.25, 0.3) is 0 Å². The second-order valence-electron chi connectivity index (χ2n) is 12.3. The third-order valence-electron chi connectivity index (χ3n) is 9.49. The Labute approximate surface area is 282 Å². The molecule has 5 nitrogen and oxygen atoms in total. The van der Waals surface area contributed by atoms with Crippen LogP contribution < -0.4 is 4.90 Å². The highest BCUT2D eigenvalue weighted by molar-refractivity contribution is 7.25. The summed E-state index contributed by atoms with van der Waals surface area (Å²) >= 11 is 1.80. The molecule has 0 aliphatic carbocycles. The van der Waals surface area contributed by atoms with E-state index < -0.39 is 0 Å². The minimum Gasteiger partial charge on any atom is -0.456 e. The van der Waals surface area contributed by atoms with E-state index in [1.807, 2.05) is 60.7 Å². The first-order chi connectivity index (χ1) is 24.3. The molecule has 0 radical (unpaired) electrons. The van der Waals surface area contributed by atoms with Gasteiger partial charge in [0.2, 0.25) is 5.89 Å². The molecule has 0 atom stereocenters. The zero-order valence-corrected chi connectivity index (χ0v) is 26.7. The molecule has 6 heteroatoms. The van der Waals surface area contributed by atoms with Gasteiger partial charge in [-0.1, -0.05) is 78.9 Å². The lowest BCUT2D eigenvalue weighted by Crippen LogP contribution is -2.11. The first-order valence-corrected chi connectivity index (χ1v) is 17.0. The van der Waals surface area contributed by atoms with Crippen molar-refractivity contribution in [3.63, 3.8) is 0 Å². The fraction of sp³-hybridized carbons (Fsp3) is 0. The third kappa shape index (κ3) is 3.95. The van der Waals surface area contributed by atoms with Gasteiger partial charge in [0.05, 0.1) is 0 Å². The molecule has 0 fully saturated rings. The number of furan rings is 2. The highest BCUT2D eigenvalue weighted by Gasteiger charge is 2.27. The number of para-hydroxylation sites is 2. The number of fused-ring (bicyclic) bond motifs is 10. The SMILES string of the molecule is c1ccc(-c2nc3c(N(c4ccc5c(c4)sc4ccccc45)c4ccc5oc6ccccc6c5c4)c4oc5ccccc5c4cc3o2)cc1. The van der Waals surface area contributed by atoms with E-state index in [2.05, 4.69) is 89.8 Å². The normalized spacial score (nSPS) is 12.1. The zero-order chi connectivity index (χ0) is 32.1. The molecule has 7 aromatic carbocycles. The van der Waals surface area contributed by atoms with E-state index in [0.717, 1.165) is 72.0 Å². The van der Waals surface area contributed by atoms with Crippen LogP contribution in [0.3, 0.4) is 0 Å². The zero-order valence-electron chi connectivity index (χ0n) is 25.9. The van der Waals surface area contributed by atoms with Gasteiger partial charge < -0.3 is 18.2 Å². The van der Waals surface area contributed by atoms with Gasteiger partial charge in [-0.15, -0.1) is 11.3 Å². The fourth-order valence-corrected chi connectivity index (χ4v) is 8.39. The van der Waals surface area contributed by atoms with E-state index in [-0.39, 0.29) is 0 Å². The van der Waals surface area contributed by atoms with Gasteiger partial charge in [0.15, 0.2) is 11.2 Å². The lowest BCUT2D eigenvalue weighted by Gasteiger charge is -2.26. The lowest BCUT2D eigenvalue weighted by atomic mass is 10.1. The van der Waals surface area contributed by atoms with Crippen LogP contribution in [0.25, 0.3) is 86.6 Å². The van der Waals surface area contributed by atoms with E-state index >= 15 is 0 Å². The minimum absolute atomic E-state index is 0.560. The number of thiophene rings is 1. The summed E-state index contributed by atoms with van der Waals surface area (Å²) in [5, 5.41) is 6.60. The molecule has 0 spiro atoms. The summed E-state index contributed by atoms with van der Waals surface area (Å²) in [4.78, 5) is 7.46. The molecule has 0 amide bonds. The first-order valence-electron chi connectivity index (χ1n) is 16.2. The van der Waals surface area contributed by atoms with Crippen molar-refractivity contribution < 1.29 is 13.3 Å². The molecule has 0 N–H and O–H groups in total. The monoisotopic (exact) mass is 648 g/mol. The van der Waals surface area contributed by atoms with Gasteiger partial charge in [0, 0.05) is 58.7 Å². The molecule has 0 saturated carbocycles. The molecule has 230 valence electrons. The molecule has 0 saturated heterocycles. The van der Waals surface area contributed by atoms with Gasteiger partial charge in [0.1, 0.15) is 28.0 Å². The van der Waals surface area contributed by atoms with Crippen molar-refractivity contribution in [2.45, 2.75) is 0 Å². The van der Waals surface area contributed by atoms with Crippen LogP contribution in [-0.4, -0.2) is 4.98 Å². The summed E-state index contributed by atoms with van der Waals surface area (Å²) < 4.78 is 22.1. The number of nitrogens with zero attached hydrogens (tertiary/aromatic N) is 2. The number of anilines is 3. The van der Waals surface area contributed by atoms with E-state index in [4.69, 9.17) is 18.2 Å². The molecule has 0 unspecified atom stereocenters. The predicted octanol–water partition coefficient (Wildman–Crippen LogP) is 13.1. The number of hydrogen-bond donors (Lipinski definition) is 0. The fourth-order valence-electron chi connectivity index (χ4n) is 7.25. The number of benzene rings is 7. The Hall–Kier alpha value is -6.37. The molecular formula is C43H24N2O3S. The van der Waals surface area contributed by atoms with Gasteiger partial charge in [-0.05, 0) is 66.7 Å². The molecule has 49 heavy (non-hydrogen) atoms. The molecule has 4 heterocycles. The maximum Gasteiger partial charge on any atom is 0.227 e. The average molecular weight is 649 g/mol. The van der Waals surface area contributed by atoms with Crippen molar-refractivity contribution in [3.8, 4) is 11.5 Å². The van der Waals surface area contributed by atoms with Crippen molar-refractivity contribution in [2.24, 2.45) is 0 Å². The predicted molar refractivity (Wildman–Crippen MR) is 202 cm³/mol. The third-order valence-corrected chi connectivity index (χ3v) is 10.6. The van der Waals surface area contributed by atoms with Crippen molar-refractivity contribution in [2.75, 3.05) is 4.90 Å². The van der Waals surface area contributed by atoms with E-state index in [0.29, 0.717) is 11.5 Å². The molecule has 11 rings (SSSR count). The standard InChI is InChI=1S/C43H24N2O3S/c1-2-10-25(11-3-1)43-44-40-37(48-43)24-33-29-13-5-8-16-35(29)47-42(33)41(40)45(26-19-21-36-32(22-26)28-12-4-7-15-34(28)46-36)27-18-20-31-30-14-6-9-17-38(30)49-39(31)23-27/h1-24H. The van der Waals surface area contributed by atoms with Crippen LogP contribution >= 0.6 is 11.3 Å². The summed E-state index contributed by atoms with van der Waals surface area (Å²) in [5.41, 5.74) is 8.35. The number of rotatable bonds is 4. The second-order valence-corrected chi connectivity index (χ2v) is 13.4. The summed E-state index contributed by atoms with van der Waals surface area (Å²) in [5.74, 6) is 0.560.